The van der Waals surface area contributed by atoms with Crippen LogP contribution in [0.4, 0.5) is 0 Å². The lowest BCUT2D eigenvalue weighted by Crippen LogP contribution is -2.33. The van der Waals surface area contributed by atoms with Crippen LogP contribution >= 0.6 is 18.5 Å². The minimum Gasteiger partial charge on any atom is -0.195 e. The van der Waals surface area contributed by atoms with Gasteiger partial charge in [-0.3, -0.25) is 0 Å². The summed E-state index contributed by atoms with van der Waals surface area (Å²) in [6.45, 7) is 0. The van der Waals surface area contributed by atoms with E-state index >= 15 is 0 Å². The maximum absolute atomic E-state index is 2.78. The molecule has 0 spiro atoms. The summed E-state index contributed by atoms with van der Waals surface area (Å²) in [5, 5.41) is 2.62. The lowest BCUT2D eigenvalue weighted by Gasteiger charge is -2.03. The highest BCUT2D eigenvalue weighted by atomic mass is 31.0. The Hall–Kier alpha value is -1.10. The van der Waals surface area contributed by atoms with Crippen molar-refractivity contribution in [3.8, 4) is 0 Å². The van der Waals surface area contributed by atoms with Crippen LogP contribution < -0.4 is 9.13 Å². The number of hydrogen-bond donors (Lipinski definition) is 0. The molecule has 0 fully saturated rings. The molecule has 0 amide bonds. The van der Waals surface area contributed by atoms with E-state index in [0.717, 1.165) is 12.6 Å². The van der Waals surface area contributed by atoms with Crippen LogP contribution in [0.3, 0.4) is 0 Å². The quantitative estimate of drug-likeness (QED) is 0.384. The van der Waals surface area contributed by atoms with Gasteiger partial charge in [-0.2, -0.15) is 9.13 Å². The molecule has 2 nitrogen and oxygen atoms in total. The molecule has 0 saturated heterocycles. The molecule has 90 valence electrons. The summed E-state index contributed by atoms with van der Waals surface area (Å²) in [5.41, 5.74) is 2.56. The van der Waals surface area contributed by atoms with Crippen molar-refractivity contribution in [2.45, 2.75) is 12.6 Å². The van der Waals surface area contributed by atoms with E-state index in [9.17, 15) is 0 Å². The smallest absolute Gasteiger partial charge is 0.195 e. The third-order valence-electron chi connectivity index (χ3n) is 3.31. The zero-order valence-electron chi connectivity index (χ0n) is 10.1. The lowest BCUT2D eigenvalue weighted by atomic mass is 10.1. The molecule has 1 aromatic carbocycles. The molecule has 2 atom stereocenters. The Morgan fingerprint density at radius 1 is 0.722 bits per heavy atom. The first-order valence-electron chi connectivity index (χ1n) is 5.98. The van der Waals surface area contributed by atoms with Crippen molar-refractivity contribution < 1.29 is 9.13 Å². The average Bonchev–Trinajstić information content (AvgIpc) is 2.45. The summed E-state index contributed by atoms with van der Waals surface area (Å²) in [6.07, 6.45) is 6.07. The molecule has 2 heterocycles. The molecule has 2 aromatic heterocycles. The topological polar surface area (TPSA) is 7.76 Å². The number of nitrogens with zero attached hydrogens (tertiary/aromatic N) is 2. The van der Waals surface area contributed by atoms with Gasteiger partial charge in [-0.15, -0.1) is 0 Å². The molecule has 4 heteroatoms. The second kappa shape index (κ2) is 4.88. The summed E-state index contributed by atoms with van der Waals surface area (Å²) in [6, 6.07) is 13.0. The van der Waals surface area contributed by atoms with Gasteiger partial charge in [0.05, 0.1) is 10.8 Å². The van der Waals surface area contributed by atoms with Gasteiger partial charge in [0.2, 0.25) is 11.0 Å². The monoisotopic (exact) mass is 274 g/mol. The van der Waals surface area contributed by atoms with E-state index in [4.69, 9.17) is 0 Å². The fourth-order valence-corrected chi connectivity index (χ4v) is 3.07. The third-order valence-corrected chi connectivity index (χ3v) is 4.10. The fourth-order valence-electron chi connectivity index (χ4n) is 2.43. The van der Waals surface area contributed by atoms with Gasteiger partial charge in [-0.05, 0) is 12.1 Å². The van der Waals surface area contributed by atoms with Crippen LogP contribution in [0.2, 0.25) is 0 Å². The van der Waals surface area contributed by atoms with E-state index in [1.165, 1.54) is 21.8 Å². The van der Waals surface area contributed by atoms with Crippen molar-refractivity contribution in [2.75, 3.05) is 0 Å². The van der Waals surface area contributed by atoms with Crippen molar-refractivity contribution in [1.29, 1.82) is 0 Å². The van der Waals surface area contributed by atoms with Gasteiger partial charge in [0.1, 0.15) is 0 Å². The first kappa shape index (κ1) is 12.0. The molecule has 18 heavy (non-hydrogen) atoms. The zero-order chi connectivity index (χ0) is 12.5. The molecule has 0 saturated carbocycles. The molecular formula is C14H16N2P2+2. The number of benzene rings is 1. The van der Waals surface area contributed by atoms with Crippen LogP contribution in [0.5, 0.6) is 0 Å². The molecule has 0 radical (unpaired) electrons. The number of pyridine rings is 2. The van der Waals surface area contributed by atoms with Gasteiger partial charge in [-0.25, -0.2) is 0 Å². The van der Waals surface area contributed by atoms with Gasteiger partial charge in [0.25, 0.3) is 0 Å². The predicted octanol–water partition coefficient (Wildman–Crippen LogP) is 2.23. The Balaban J connectivity index is 2.47. The van der Waals surface area contributed by atoms with Crippen LogP contribution in [0.1, 0.15) is 0 Å². The van der Waals surface area contributed by atoms with Crippen LogP contribution in [0.25, 0.3) is 21.8 Å². The summed E-state index contributed by atoms with van der Waals surface area (Å²) in [5.74, 6) is 0. The summed E-state index contributed by atoms with van der Waals surface area (Å²) >= 11 is 0. The maximum Gasteiger partial charge on any atom is 0.213 e. The summed E-state index contributed by atoms with van der Waals surface area (Å²) in [4.78, 5) is 0. The second-order valence-corrected chi connectivity index (χ2v) is 4.98. The molecule has 3 aromatic rings. The standard InChI is InChI=1S/C14H16N2P2/c17-9-15-7-1-3-11-12-4-2-8-16(10-18)14(12)6-5-13(11)15/h1-8H,9-10,17-18H2/q+2. The van der Waals surface area contributed by atoms with Gasteiger partial charge < -0.3 is 0 Å². The van der Waals surface area contributed by atoms with E-state index < -0.39 is 0 Å². The zero-order valence-corrected chi connectivity index (χ0v) is 12.4. The SMILES string of the molecule is PC[n+]1cccc2c3ccc[n+](CP)c3ccc21. The molecule has 0 bridgehead atoms. The van der Waals surface area contributed by atoms with Crippen molar-refractivity contribution in [3.05, 3.63) is 48.8 Å². The number of rotatable bonds is 2. The van der Waals surface area contributed by atoms with Crippen LogP contribution in [0.15, 0.2) is 48.8 Å². The molecule has 2 unspecified atom stereocenters. The van der Waals surface area contributed by atoms with E-state index in [1.807, 2.05) is 0 Å². The average molecular weight is 274 g/mol. The Morgan fingerprint density at radius 2 is 1.17 bits per heavy atom. The Morgan fingerprint density at radius 3 is 1.56 bits per heavy atom. The molecule has 0 aliphatic rings. The minimum absolute atomic E-state index is 0.916. The van der Waals surface area contributed by atoms with Gasteiger partial charge in [0, 0.05) is 24.3 Å². The molecular weight excluding hydrogens is 258 g/mol. The minimum atomic E-state index is 0.916. The van der Waals surface area contributed by atoms with Crippen LogP contribution in [0, 0.1) is 0 Å². The van der Waals surface area contributed by atoms with Gasteiger partial charge >= 0.3 is 0 Å². The maximum atomic E-state index is 2.78. The Bertz CT molecular complexity index is 663. The van der Waals surface area contributed by atoms with E-state index in [2.05, 4.69) is 76.4 Å². The number of fused-ring (bicyclic) bond motifs is 3. The van der Waals surface area contributed by atoms with E-state index in [-0.39, 0.29) is 0 Å². The van der Waals surface area contributed by atoms with E-state index in [1.54, 1.807) is 0 Å². The lowest BCUT2D eigenvalue weighted by molar-refractivity contribution is -0.651. The molecule has 0 aliphatic carbocycles. The number of aromatic nitrogens is 2. The van der Waals surface area contributed by atoms with Gasteiger partial charge in [-0.1, -0.05) is 18.5 Å². The fraction of sp³-hybridized carbons (Fsp3) is 0.143. The molecule has 0 N–H and O–H groups in total. The Labute approximate surface area is 111 Å². The normalized spacial score (nSPS) is 11.2. The first-order chi connectivity index (χ1) is 8.85. The highest BCUT2D eigenvalue weighted by molar-refractivity contribution is 7.14. The van der Waals surface area contributed by atoms with Crippen molar-refractivity contribution in [3.63, 3.8) is 0 Å². The van der Waals surface area contributed by atoms with E-state index in [0.29, 0.717) is 0 Å². The van der Waals surface area contributed by atoms with Crippen molar-refractivity contribution in [1.82, 2.24) is 0 Å². The number of hydrogen-bond acceptors (Lipinski definition) is 0. The van der Waals surface area contributed by atoms with Crippen molar-refractivity contribution >= 4 is 40.3 Å². The summed E-state index contributed by atoms with van der Waals surface area (Å²) < 4.78 is 4.49. The largest absolute Gasteiger partial charge is 0.213 e. The highest BCUT2D eigenvalue weighted by Gasteiger charge is 2.14. The van der Waals surface area contributed by atoms with Gasteiger partial charge in [0.15, 0.2) is 25.0 Å². The van der Waals surface area contributed by atoms with Crippen molar-refractivity contribution in [2.24, 2.45) is 0 Å². The second-order valence-electron chi connectivity index (χ2n) is 4.25. The first-order valence-corrected chi connectivity index (χ1v) is 7.62. The molecule has 3 rings (SSSR count). The third kappa shape index (κ3) is 1.81. The summed E-state index contributed by atoms with van der Waals surface area (Å²) in [7, 11) is 5.55. The molecule has 0 aliphatic heterocycles. The Kier molecular flexibility index (Phi) is 3.24. The highest BCUT2D eigenvalue weighted by Crippen LogP contribution is 2.21. The van der Waals surface area contributed by atoms with Crippen LogP contribution in [-0.4, -0.2) is 0 Å². The predicted molar refractivity (Wildman–Crippen MR) is 81.3 cm³/mol. The van der Waals surface area contributed by atoms with Crippen LogP contribution in [-0.2, 0) is 12.6 Å².